The second kappa shape index (κ2) is 5.01. The summed E-state index contributed by atoms with van der Waals surface area (Å²) in [6.07, 6.45) is 0. The lowest BCUT2D eigenvalue weighted by Crippen LogP contribution is -2.29. The molecule has 0 aliphatic heterocycles. The summed E-state index contributed by atoms with van der Waals surface area (Å²) in [5.74, 6) is 4.09. The van der Waals surface area contributed by atoms with E-state index in [4.69, 9.17) is 11.4 Å². The number of hydrogen-bond donors (Lipinski definition) is 2. The highest BCUT2D eigenvalue weighted by atomic mass is 32.1. The lowest BCUT2D eigenvalue weighted by molar-refractivity contribution is 0.0957. The Hall–Kier alpha value is -2.15. The topological polar surface area (TPSA) is 104 Å². The molecule has 8 heteroatoms. The summed E-state index contributed by atoms with van der Waals surface area (Å²) in [6.45, 7) is -0.0970. The van der Waals surface area contributed by atoms with Gasteiger partial charge in [0, 0.05) is 15.0 Å². The fourth-order valence-electron chi connectivity index (χ4n) is 1.67. The van der Waals surface area contributed by atoms with Crippen molar-refractivity contribution in [3.63, 3.8) is 0 Å². The SMILES string of the molecule is [N-]=[N+]=NCc1c(C(=O)NN)sc2cccc(F)c12. The van der Waals surface area contributed by atoms with Crippen molar-refractivity contribution in [2.45, 2.75) is 6.54 Å². The molecule has 1 heterocycles. The van der Waals surface area contributed by atoms with E-state index < -0.39 is 11.7 Å². The molecule has 0 saturated carbocycles. The van der Waals surface area contributed by atoms with E-state index in [1.165, 1.54) is 6.07 Å². The van der Waals surface area contributed by atoms with Gasteiger partial charge in [-0.15, -0.1) is 11.3 Å². The van der Waals surface area contributed by atoms with Crippen LogP contribution in [0.3, 0.4) is 0 Å². The number of nitrogens with two attached hydrogens (primary N) is 1. The van der Waals surface area contributed by atoms with Crippen molar-refractivity contribution in [3.8, 4) is 0 Å². The van der Waals surface area contributed by atoms with Crippen LogP contribution in [0.5, 0.6) is 0 Å². The first-order valence-corrected chi connectivity index (χ1v) is 5.72. The minimum absolute atomic E-state index is 0.0970. The number of fused-ring (bicyclic) bond motifs is 1. The summed E-state index contributed by atoms with van der Waals surface area (Å²) in [5, 5.41) is 3.68. The zero-order chi connectivity index (χ0) is 13.1. The van der Waals surface area contributed by atoms with Gasteiger partial charge in [-0.05, 0) is 23.2 Å². The third-order valence-corrected chi connectivity index (χ3v) is 3.59. The van der Waals surface area contributed by atoms with Crippen LogP contribution in [-0.4, -0.2) is 5.91 Å². The Morgan fingerprint density at radius 2 is 2.39 bits per heavy atom. The van der Waals surface area contributed by atoms with Gasteiger partial charge in [0.25, 0.3) is 5.91 Å². The van der Waals surface area contributed by atoms with E-state index >= 15 is 0 Å². The van der Waals surface area contributed by atoms with Crippen molar-refractivity contribution in [3.05, 3.63) is 44.9 Å². The van der Waals surface area contributed by atoms with Crippen molar-refractivity contribution in [2.24, 2.45) is 11.0 Å². The molecule has 92 valence electrons. The number of thiophene rings is 1. The molecule has 1 aromatic carbocycles. The highest BCUT2D eigenvalue weighted by Gasteiger charge is 2.19. The minimum atomic E-state index is -0.529. The van der Waals surface area contributed by atoms with Crippen molar-refractivity contribution >= 4 is 27.3 Å². The highest BCUT2D eigenvalue weighted by Crippen LogP contribution is 2.33. The molecule has 0 fully saturated rings. The number of benzene rings is 1. The zero-order valence-corrected chi connectivity index (χ0v) is 9.87. The van der Waals surface area contributed by atoms with Gasteiger partial charge in [-0.25, -0.2) is 10.2 Å². The first kappa shape index (κ1) is 12.3. The predicted molar refractivity (Wildman–Crippen MR) is 66.3 cm³/mol. The maximum atomic E-state index is 13.8. The van der Waals surface area contributed by atoms with Crippen LogP contribution >= 0.6 is 11.3 Å². The number of rotatable bonds is 3. The fraction of sp³-hybridized carbons (Fsp3) is 0.100. The van der Waals surface area contributed by atoms with Crippen LogP contribution in [0, 0.1) is 5.82 Å². The maximum Gasteiger partial charge on any atom is 0.275 e. The zero-order valence-electron chi connectivity index (χ0n) is 9.05. The van der Waals surface area contributed by atoms with Crippen LogP contribution in [0.4, 0.5) is 4.39 Å². The molecule has 2 aromatic rings. The molecule has 0 aliphatic rings. The number of carbonyl (C=O) groups excluding carboxylic acids is 1. The number of azide groups is 1. The van der Waals surface area contributed by atoms with Crippen LogP contribution in [-0.2, 0) is 6.54 Å². The normalized spacial score (nSPS) is 10.1. The molecule has 0 unspecified atom stereocenters. The minimum Gasteiger partial charge on any atom is -0.289 e. The number of hydrogen-bond acceptors (Lipinski definition) is 4. The quantitative estimate of drug-likeness (QED) is 0.222. The summed E-state index contributed by atoms with van der Waals surface area (Å²) >= 11 is 1.11. The third-order valence-electron chi connectivity index (χ3n) is 2.39. The summed E-state index contributed by atoms with van der Waals surface area (Å²) in [5.41, 5.74) is 10.7. The highest BCUT2D eigenvalue weighted by molar-refractivity contribution is 7.21. The summed E-state index contributed by atoms with van der Waals surface area (Å²) < 4.78 is 14.4. The number of hydrazine groups is 1. The molecule has 18 heavy (non-hydrogen) atoms. The van der Waals surface area contributed by atoms with E-state index in [0.717, 1.165) is 11.3 Å². The lowest BCUT2D eigenvalue weighted by atomic mass is 10.1. The molecule has 0 saturated heterocycles. The molecule has 2 rings (SSSR count). The van der Waals surface area contributed by atoms with Crippen LogP contribution in [0.15, 0.2) is 23.3 Å². The van der Waals surface area contributed by atoms with Crippen LogP contribution in [0.2, 0.25) is 0 Å². The number of nitrogens with zero attached hydrogens (tertiary/aromatic N) is 3. The molecular formula is C10H8FN5OS. The second-order valence-electron chi connectivity index (χ2n) is 3.39. The van der Waals surface area contributed by atoms with Crippen LogP contribution < -0.4 is 11.3 Å². The first-order valence-electron chi connectivity index (χ1n) is 4.90. The lowest BCUT2D eigenvalue weighted by Gasteiger charge is -2.00. The van der Waals surface area contributed by atoms with E-state index in [1.807, 2.05) is 5.43 Å². The van der Waals surface area contributed by atoms with Crippen molar-refractivity contribution in [1.82, 2.24) is 5.43 Å². The Morgan fingerprint density at radius 1 is 1.61 bits per heavy atom. The Bertz CT molecular complexity index is 662. The molecule has 0 bridgehead atoms. The van der Waals surface area contributed by atoms with Gasteiger partial charge < -0.3 is 0 Å². The van der Waals surface area contributed by atoms with E-state index in [9.17, 15) is 9.18 Å². The van der Waals surface area contributed by atoms with Gasteiger partial charge in [-0.1, -0.05) is 11.2 Å². The predicted octanol–water partition coefficient (Wildman–Crippen LogP) is 2.45. The number of nitrogen functional groups attached to an aromatic ring is 1. The number of nitrogens with one attached hydrogen (secondary N) is 1. The molecule has 0 atom stereocenters. The molecule has 0 spiro atoms. The Morgan fingerprint density at radius 3 is 3.06 bits per heavy atom. The van der Waals surface area contributed by atoms with Crippen LogP contribution in [0.25, 0.3) is 20.5 Å². The Labute approximate surface area is 105 Å². The van der Waals surface area contributed by atoms with Gasteiger partial charge in [0.05, 0.1) is 11.4 Å². The summed E-state index contributed by atoms with van der Waals surface area (Å²) in [4.78, 5) is 14.5. The molecular weight excluding hydrogens is 257 g/mol. The molecule has 1 amide bonds. The largest absolute Gasteiger partial charge is 0.289 e. The van der Waals surface area contributed by atoms with E-state index in [-0.39, 0.29) is 11.4 Å². The maximum absolute atomic E-state index is 13.8. The van der Waals surface area contributed by atoms with Gasteiger partial charge in [0.15, 0.2) is 0 Å². The number of halogens is 1. The summed E-state index contributed by atoms with van der Waals surface area (Å²) in [6, 6.07) is 4.53. The second-order valence-corrected chi connectivity index (χ2v) is 4.44. The molecule has 1 aromatic heterocycles. The van der Waals surface area contributed by atoms with Gasteiger partial charge in [-0.2, -0.15) is 0 Å². The monoisotopic (exact) mass is 265 g/mol. The standard InChI is InChI=1S/C10H8FN5OS/c11-6-2-1-3-7-8(6)5(4-14-16-13)9(18-7)10(17)15-12/h1-3H,4,12H2,(H,15,17). The van der Waals surface area contributed by atoms with Crippen molar-refractivity contribution in [1.29, 1.82) is 0 Å². The van der Waals surface area contributed by atoms with Gasteiger partial charge in [0.1, 0.15) is 5.82 Å². The van der Waals surface area contributed by atoms with Gasteiger partial charge in [0.2, 0.25) is 0 Å². The van der Waals surface area contributed by atoms with E-state index in [1.54, 1.807) is 12.1 Å². The first-order chi connectivity index (χ1) is 8.69. The average molecular weight is 265 g/mol. The Balaban J connectivity index is 2.73. The summed E-state index contributed by atoms with van der Waals surface area (Å²) in [7, 11) is 0. The molecule has 6 nitrogen and oxygen atoms in total. The van der Waals surface area contributed by atoms with E-state index in [0.29, 0.717) is 15.6 Å². The fourth-order valence-corrected chi connectivity index (χ4v) is 2.80. The number of amides is 1. The Kier molecular flexibility index (Phi) is 3.42. The smallest absolute Gasteiger partial charge is 0.275 e. The molecule has 0 radical (unpaired) electrons. The van der Waals surface area contributed by atoms with Crippen molar-refractivity contribution < 1.29 is 9.18 Å². The molecule has 0 aliphatic carbocycles. The molecule has 3 N–H and O–H groups in total. The van der Waals surface area contributed by atoms with Gasteiger partial charge in [-0.3, -0.25) is 10.2 Å². The van der Waals surface area contributed by atoms with Crippen LogP contribution in [0.1, 0.15) is 15.2 Å². The number of carbonyl (C=O) groups is 1. The van der Waals surface area contributed by atoms with Crippen molar-refractivity contribution in [2.75, 3.05) is 0 Å². The third kappa shape index (κ3) is 2.00. The van der Waals surface area contributed by atoms with E-state index in [2.05, 4.69) is 10.0 Å². The average Bonchev–Trinajstić information content (AvgIpc) is 2.75. The van der Waals surface area contributed by atoms with Gasteiger partial charge >= 0.3 is 0 Å².